The molecule has 0 fully saturated rings. The molecule has 0 unspecified atom stereocenters. The van der Waals surface area contributed by atoms with Crippen molar-refractivity contribution in [3.05, 3.63) is 95.6 Å². The second kappa shape index (κ2) is 7.93. The summed E-state index contributed by atoms with van der Waals surface area (Å²) in [6.45, 7) is 0.640. The first-order valence-corrected chi connectivity index (χ1v) is 7.96. The molecule has 0 atom stereocenters. The molecule has 4 heteroatoms. The third-order valence-corrected chi connectivity index (χ3v) is 3.70. The predicted molar refractivity (Wildman–Crippen MR) is 101 cm³/mol. The van der Waals surface area contributed by atoms with Crippen molar-refractivity contribution in [2.45, 2.75) is 6.54 Å². The van der Waals surface area contributed by atoms with Crippen LogP contribution in [0.1, 0.15) is 21.5 Å². The highest BCUT2D eigenvalue weighted by atomic mass is 16.4. The Morgan fingerprint density at radius 3 is 2.44 bits per heavy atom. The van der Waals surface area contributed by atoms with E-state index in [0.717, 1.165) is 22.5 Å². The number of nitrogens with one attached hydrogen (secondary N) is 1. The highest BCUT2D eigenvalue weighted by molar-refractivity contribution is 5.88. The van der Waals surface area contributed by atoms with Crippen LogP contribution in [0, 0.1) is 0 Å². The molecule has 0 spiro atoms. The Balaban J connectivity index is 1.63. The van der Waals surface area contributed by atoms with Crippen LogP contribution in [0.2, 0.25) is 0 Å². The van der Waals surface area contributed by atoms with Gasteiger partial charge in [0.25, 0.3) is 0 Å². The first-order chi connectivity index (χ1) is 12.2. The number of carbonyl (C=O) groups is 1. The fraction of sp³-hybridized carbons (Fsp3) is 0.0476. The summed E-state index contributed by atoms with van der Waals surface area (Å²) in [7, 11) is 0. The topological polar surface area (TPSA) is 61.7 Å². The molecule has 0 amide bonds. The van der Waals surface area contributed by atoms with Crippen molar-refractivity contribution in [3.63, 3.8) is 0 Å². The lowest BCUT2D eigenvalue weighted by molar-refractivity contribution is 0.0697. The van der Waals surface area contributed by atoms with Crippen molar-refractivity contribution in [3.8, 4) is 0 Å². The normalized spacial score (nSPS) is 10.7. The van der Waals surface area contributed by atoms with Gasteiger partial charge in [-0.2, -0.15) is 0 Å². The third-order valence-electron chi connectivity index (χ3n) is 3.70. The van der Waals surface area contributed by atoms with Crippen LogP contribution in [0.3, 0.4) is 0 Å². The lowest BCUT2D eigenvalue weighted by Crippen LogP contribution is -2.00. The summed E-state index contributed by atoms with van der Waals surface area (Å²) in [5.74, 6) is -0.921. The number of hydrogen-bond acceptors (Lipinski definition) is 3. The fourth-order valence-electron chi connectivity index (χ4n) is 2.37. The van der Waals surface area contributed by atoms with E-state index in [4.69, 9.17) is 5.11 Å². The van der Waals surface area contributed by atoms with Gasteiger partial charge in [0.05, 0.1) is 11.3 Å². The Hall–Kier alpha value is -3.40. The summed E-state index contributed by atoms with van der Waals surface area (Å²) in [6.07, 6.45) is 1.84. The van der Waals surface area contributed by atoms with Crippen LogP contribution in [0.5, 0.6) is 0 Å². The number of aliphatic imine (C=N–C) groups is 1. The lowest BCUT2D eigenvalue weighted by Gasteiger charge is -2.07. The van der Waals surface area contributed by atoms with Gasteiger partial charge in [0.1, 0.15) is 0 Å². The standard InChI is InChI=1S/C21H18N2O2/c24-21(25)18-9-11-19(12-10-18)22-15-17-7-4-8-20(13-17)23-14-16-5-2-1-3-6-16/h1-14,22H,15H2,(H,24,25). The Morgan fingerprint density at radius 1 is 0.960 bits per heavy atom. The molecule has 3 rings (SSSR count). The largest absolute Gasteiger partial charge is 0.478 e. The van der Waals surface area contributed by atoms with Crippen molar-refractivity contribution < 1.29 is 9.90 Å². The lowest BCUT2D eigenvalue weighted by atomic mass is 10.1. The Bertz CT molecular complexity index is 872. The first-order valence-electron chi connectivity index (χ1n) is 7.96. The molecule has 0 saturated carbocycles. The average Bonchev–Trinajstić information content (AvgIpc) is 2.66. The smallest absolute Gasteiger partial charge is 0.335 e. The summed E-state index contributed by atoms with van der Waals surface area (Å²) < 4.78 is 0. The first kappa shape index (κ1) is 16.5. The molecule has 4 nitrogen and oxygen atoms in total. The van der Waals surface area contributed by atoms with Gasteiger partial charge < -0.3 is 10.4 Å². The molecule has 0 bridgehead atoms. The van der Waals surface area contributed by atoms with E-state index in [2.05, 4.69) is 10.3 Å². The number of carboxylic acids is 1. The number of rotatable bonds is 6. The minimum atomic E-state index is -0.921. The molecule has 0 heterocycles. The highest BCUT2D eigenvalue weighted by Crippen LogP contribution is 2.16. The van der Waals surface area contributed by atoms with Crippen LogP contribution in [-0.4, -0.2) is 17.3 Å². The van der Waals surface area contributed by atoms with Gasteiger partial charge in [-0.3, -0.25) is 4.99 Å². The van der Waals surface area contributed by atoms with Gasteiger partial charge in [-0.25, -0.2) is 4.79 Å². The molecule has 3 aromatic rings. The molecule has 25 heavy (non-hydrogen) atoms. The number of carboxylic acid groups (broad SMARTS) is 1. The molecule has 124 valence electrons. The van der Waals surface area contributed by atoms with E-state index in [1.807, 2.05) is 60.8 Å². The SMILES string of the molecule is O=C(O)c1ccc(NCc2cccc(N=Cc3ccccc3)c2)cc1. The van der Waals surface area contributed by atoms with E-state index in [-0.39, 0.29) is 5.56 Å². The molecule has 0 radical (unpaired) electrons. The molecule has 0 aliphatic heterocycles. The van der Waals surface area contributed by atoms with Crippen LogP contribution >= 0.6 is 0 Å². The van der Waals surface area contributed by atoms with Gasteiger partial charge in [-0.1, -0.05) is 42.5 Å². The maximum Gasteiger partial charge on any atom is 0.335 e. The minimum Gasteiger partial charge on any atom is -0.478 e. The second-order valence-electron chi connectivity index (χ2n) is 5.57. The summed E-state index contributed by atoms with van der Waals surface area (Å²) in [4.78, 5) is 15.4. The van der Waals surface area contributed by atoms with Crippen molar-refractivity contribution in [1.82, 2.24) is 0 Å². The maximum atomic E-state index is 10.9. The van der Waals surface area contributed by atoms with Crippen molar-refractivity contribution in [2.24, 2.45) is 4.99 Å². The van der Waals surface area contributed by atoms with Crippen LogP contribution < -0.4 is 5.32 Å². The molecule has 0 saturated heterocycles. The zero-order valence-corrected chi connectivity index (χ0v) is 13.6. The summed E-state index contributed by atoms with van der Waals surface area (Å²) >= 11 is 0. The van der Waals surface area contributed by atoms with Gasteiger partial charge in [0.15, 0.2) is 0 Å². The summed E-state index contributed by atoms with van der Waals surface area (Å²) in [5, 5.41) is 12.2. The highest BCUT2D eigenvalue weighted by Gasteiger charge is 2.01. The third kappa shape index (κ3) is 4.78. The van der Waals surface area contributed by atoms with Gasteiger partial charge >= 0.3 is 5.97 Å². The second-order valence-corrected chi connectivity index (χ2v) is 5.57. The van der Waals surface area contributed by atoms with Crippen LogP contribution in [0.25, 0.3) is 0 Å². The van der Waals surface area contributed by atoms with Crippen LogP contribution in [-0.2, 0) is 6.54 Å². The quantitative estimate of drug-likeness (QED) is 0.641. The molecule has 0 aromatic heterocycles. The summed E-state index contributed by atoms with van der Waals surface area (Å²) in [6, 6.07) is 24.7. The van der Waals surface area contributed by atoms with E-state index in [1.54, 1.807) is 24.3 Å². The Morgan fingerprint density at radius 2 is 1.72 bits per heavy atom. The number of anilines is 1. The number of nitrogens with zero attached hydrogens (tertiary/aromatic N) is 1. The van der Waals surface area contributed by atoms with Crippen LogP contribution in [0.15, 0.2) is 83.9 Å². The van der Waals surface area contributed by atoms with Gasteiger partial charge in [-0.15, -0.1) is 0 Å². The molecule has 0 aliphatic rings. The minimum absolute atomic E-state index is 0.280. The number of aromatic carboxylic acids is 1. The van der Waals surface area contributed by atoms with Gasteiger partial charge in [-0.05, 0) is 47.5 Å². The maximum absolute atomic E-state index is 10.9. The van der Waals surface area contributed by atoms with Crippen molar-refractivity contribution in [2.75, 3.05) is 5.32 Å². The Kier molecular flexibility index (Phi) is 5.22. The van der Waals surface area contributed by atoms with E-state index in [9.17, 15) is 4.79 Å². The molecule has 0 aliphatic carbocycles. The zero-order valence-electron chi connectivity index (χ0n) is 13.6. The van der Waals surface area contributed by atoms with E-state index in [1.165, 1.54) is 0 Å². The van der Waals surface area contributed by atoms with Gasteiger partial charge in [0, 0.05) is 18.4 Å². The summed E-state index contributed by atoms with van der Waals surface area (Å²) in [5.41, 5.74) is 4.21. The molecule has 3 aromatic carbocycles. The number of benzene rings is 3. The van der Waals surface area contributed by atoms with Gasteiger partial charge in [0.2, 0.25) is 0 Å². The fourth-order valence-corrected chi connectivity index (χ4v) is 2.37. The molecular weight excluding hydrogens is 312 g/mol. The monoisotopic (exact) mass is 330 g/mol. The molecule has 2 N–H and O–H groups in total. The average molecular weight is 330 g/mol. The van der Waals surface area contributed by atoms with Crippen molar-refractivity contribution >= 4 is 23.6 Å². The van der Waals surface area contributed by atoms with Crippen LogP contribution in [0.4, 0.5) is 11.4 Å². The number of hydrogen-bond donors (Lipinski definition) is 2. The predicted octanol–water partition coefficient (Wildman–Crippen LogP) is 4.75. The molecular formula is C21H18N2O2. The Labute approximate surface area is 146 Å². The van der Waals surface area contributed by atoms with Crippen molar-refractivity contribution in [1.29, 1.82) is 0 Å². The van der Waals surface area contributed by atoms with E-state index >= 15 is 0 Å². The van der Waals surface area contributed by atoms with E-state index < -0.39 is 5.97 Å². The zero-order chi connectivity index (χ0) is 17.5. The van der Waals surface area contributed by atoms with E-state index in [0.29, 0.717) is 6.54 Å².